The zero-order valence-corrected chi connectivity index (χ0v) is 22.9. The van der Waals surface area contributed by atoms with Crippen LogP contribution in [0.2, 0.25) is 0 Å². The van der Waals surface area contributed by atoms with Gasteiger partial charge in [-0.25, -0.2) is 8.78 Å². The smallest absolute Gasteiger partial charge is 0.235 e. The molecule has 0 amide bonds. The Morgan fingerprint density at radius 3 is 2.06 bits per heavy atom. The van der Waals surface area contributed by atoms with Crippen molar-refractivity contribution in [3.63, 3.8) is 0 Å². The number of hydrogen-bond donors (Lipinski definition) is 4. The summed E-state index contributed by atoms with van der Waals surface area (Å²) in [6.07, 6.45) is 3.91. The van der Waals surface area contributed by atoms with Gasteiger partial charge in [0.05, 0.1) is 5.82 Å². The first-order chi connectivity index (χ1) is 15.8. The van der Waals surface area contributed by atoms with Crippen LogP contribution in [0.1, 0.15) is 72.4 Å². The lowest BCUT2D eigenvalue weighted by atomic mass is 9.96. The third-order valence-corrected chi connectivity index (χ3v) is 5.55. The highest BCUT2D eigenvalue weighted by Gasteiger charge is 2.14. The molecule has 5 nitrogen and oxygen atoms in total. The summed E-state index contributed by atoms with van der Waals surface area (Å²) in [5.74, 6) is 0.743. The van der Waals surface area contributed by atoms with Crippen molar-refractivity contribution < 1.29 is 13.5 Å². The molecule has 8 heteroatoms. The zero-order valence-electron chi connectivity index (χ0n) is 22.1. The molecular formula is C26H44F2N4OS. The lowest BCUT2D eigenvalue weighted by Crippen LogP contribution is -2.33. The van der Waals surface area contributed by atoms with Crippen molar-refractivity contribution in [3.8, 4) is 5.75 Å². The number of anilines is 1. The normalized spacial score (nSPS) is 13.4. The molecule has 0 aliphatic carbocycles. The number of aryl methyl sites for hydroxylation is 2. The van der Waals surface area contributed by atoms with E-state index in [4.69, 9.17) is 16.2 Å². The van der Waals surface area contributed by atoms with Gasteiger partial charge in [-0.1, -0.05) is 38.8 Å². The summed E-state index contributed by atoms with van der Waals surface area (Å²) >= 11 is 1.26. The number of rotatable bonds is 12. The quantitative estimate of drug-likeness (QED) is 0.186. The highest BCUT2D eigenvalue weighted by atomic mass is 32.2. The van der Waals surface area contributed by atoms with Crippen LogP contribution in [0.4, 0.5) is 14.5 Å². The van der Waals surface area contributed by atoms with Crippen molar-refractivity contribution in [2.45, 2.75) is 86.0 Å². The van der Waals surface area contributed by atoms with Gasteiger partial charge >= 0.3 is 0 Å². The fourth-order valence-electron chi connectivity index (χ4n) is 2.92. The predicted octanol–water partition coefficient (Wildman–Crippen LogP) is 6.87. The summed E-state index contributed by atoms with van der Waals surface area (Å²) in [4.78, 5) is 0.608. The van der Waals surface area contributed by atoms with Crippen molar-refractivity contribution >= 4 is 17.6 Å². The molecule has 0 saturated carbocycles. The number of nitrogens with one attached hydrogen (secondary N) is 2. The highest BCUT2D eigenvalue weighted by molar-refractivity contribution is 8.01. The van der Waals surface area contributed by atoms with Crippen LogP contribution < -0.4 is 26.2 Å². The summed E-state index contributed by atoms with van der Waals surface area (Å²) in [6, 6.07) is 3.76. The van der Waals surface area contributed by atoms with E-state index in [9.17, 15) is 8.78 Å². The van der Waals surface area contributed by atoms with Gasteiger partial charge in [0.15, 0.2) is 0 Å². The Morgan fingerprint density at radius 1 is 1.21 bits per heavy atom. The van der Waals surface area contributed by atoms with Crippen molar-refractivity contribution in [1.29, 1.82) is 0 Å². The minimum atomic E-state index is -1.32. The van der Waals surface area contributed by atoms with Gasteiger partial charge in [-0.05, 0) is 88.9 Å². The molecule has 0 aromatic heterocycles. The molecule has 0 radical (unpaired) electrons. The Labute approximate surface area is 209 Å². The minimum Gasteiger partial charge on any atom is -0.461 e. The molecule has 34 heavy (non-hydrogen) atoms. The van der Waals surface area contributed by atoms with Crippen LogP contribution in [-0.2, 0) is 12.8 Å². The van der Waals surface area contributed by atoms with Gasteiger partial charge < -0.3 is 21.5 Å². The van der Waals surface area contributed by atoms with Crippen LogP contribution in [0.5, 0.6) is 5.75 Å². The summed E-state index contributed by atoms with van der Waals surface area (Å²) in [7, 11) is 1.75. The van der Waals surface area contributed by atoms with Gasteiger partial charge in [0.2, 0.25) is 6.36 Å². The number of hydrogen-bond acceptors (Lipinski definition) is 6. The molecule has 0 aliphatic rings. The minimum absolute atomic E-state index is 0.236. The lowest BCUT2D eigenvalue weighted by molar-refractivity contribution is 0.0859. The van der Waals surface area contributed by atoms with Crippen LogP contribution in [-0.4, -0.2) is 18.9 Å². The molecule has 1 aromatic carbocycles. The Kier molecular flexibility index (Phi) is 14.8. The molecule has 0 heterocycles. The summed E-state index contributed by atoms with van der Waals surface area (Å²) in [6.45, 7) is 16.6. The van der Waals surface area contributed by atoms with Crippen LogP contribution in [0, 0.1) is 0 Å². The maximum Gasteiger partial charge on any atom is 0.235 e. The maximum atomic E-state index is 13.5. The summed E-state index contributed by atoms with van der Waals surface area (Å²) in [5.41, 5.74) is 15.0. The second-order valence-electron chi connectivity index (χ2n) is 8.69. The molecule has 194 valence electrons. The highest BCUT2D eigenvalue weighted by Crippen LogP contribution is 2.31. The number of halogens is 2. The van der Waals surface area contributed by atoms with Gasteiger partial charge in [-0.3, -0.25) is 4.72 Å². The van der Waals surface area contributed by atoms with Gasteiger partial charge in [0.1, 0.15) is 11.6 Å². The van der Waals surface area contributed by atoms with E-state index in [0.717, 1.165) is 48.1 Å². The number of allylic oxidation sites excluding steroid dienone is 3. The fourth-order valence-corrected chi connectivity index (χ4v) is 3.39. The first kappa shape index (κ1) is 32.0. The first-order valence-electron chi connectivity index (χ1n) is 11.6. The van der Waals surface area contributed by atoms with E-state index >= 15 is 0 Å². The van der Waals surface area contributed by atoms with E-state index in [2.05, 4.69) is 30.5 Å². The van der Waals surface area contributed by atoms with E-state index in [1.807, 2.05) is 32.9 Å². The fraction of sp³-hybridized carbons (Fsp3) is 0.538. The Hall–Kier alpha value is -2.03. The van der Waals surface area contributed by atoms with E-state index in [-0.39, 0.29) is 5.83 Å². The maximum absolute atomic E-state index is 13.5. The molecule has 1 aromatic rings. The number of ether oxygens (including phenoxy) is 1. The summed E-state index contributed by atoms with van der Waals surface area (Å²) < 4.78 is 34.5. The second kappa shape index (κ2) is 15.8. The second-order valence-corrected chi connectivity index (χ2v) is 9.91. The molecule has 1 rings (SSSR count). The third kappa shape index (κ3) is 12.4. The van der Waals surface area contributed by atoms with Crippen molar-refractivity contribution in [3.05, 3.63) is 58.0 Å². The molecule has 0 bridgehead atoms. The Bertz CT molecular complexity index is 819. The van der Waals surface area contributed by atoms with Crippen LogP contribution >= 0.6 is 11.9 Å². The lowest BCUT2D eigenvalue weighted by Gasteiger charge is -2.19. The standard InChI is InChI=1S/C16H25FN2O.C10H19FN2S/c1-5-7-13-9-15(20-11(3)17)10-14(8-6-2)16(13)19-12(4)18;1-7(10(3,4)12)6-9(11)8(2)14-13-5/h9-11,19H,4-8,18H2,1-3H3;6,13H,12H2,1-5H3/b;7-6+,9-8-. The molecule has 0 aliphatic heterocycles. The number of nitrogens with two attached hydrogens (primary N) is 2. The van der Waals surface area contributed by atoms with E-state index in [0.29, 0.717) is 16.5 Å². The van der Waals surface area contributed by atoms with Crippen LogP contribution in [0.25, 0.3) is 0 Å². The average molecular weight is 499 g/mol. The third-order valence-electron chi connectivity index (χ3n) is 4.85. The Morgan fingerprint density at radius 2 is 1.71 bits per heavy atom. The van der Waals surface area contributed by atoms with E-state index < -0.39 is 11.9 Å². The largest absolute Gasteiger partial charge is 0.461 e. The molecule has 1 unspecified atom stereocenters. The summed E-state index contributed by atoms with van der Waals surface area (Å²) in [5, 5.41) is 3.13. The topological polar surface area (TPSA) is 85.3 Å². The molecule has 0 spiro atoms. The van der Waals surface area contributed by atoms with Crippen LogP contribution in [0.3, 0.4) is 0 Å². The van der Waals surface area contributed by atoms with Gasteiger partial charge in [-0.2, -0.15) is 0 Å². The van der Waals surface area contributed by atoms with Gasteiger partial charge in [0.25, 0.3) is 0 Å². The predicted molar refractivity (Wildman–Crippen MR) is 145 cm³/mol. The molecule has 0 saturated heterocycles. The van der Waals surface area contributed by atoms with E-state index in [1.165, 1.54) is 24.9 Å². The van der Waals surface area contributed by atoms with Crippen molar-refractivity contribution in [2.75, 3.05) is 12.4 Å². The van der Waals surface area contributed by atoms with Crippen molar-refractivity contribution in [2.24, 2.45) is 11.5 Å². The number of alkyl halides is 1. The van der Waals surface area contributed by atoms with Crippen molar-refractivity contribution in [1.82, 2.24) is 4.72 Å². The first-order valence-corrected chi connectivity index (χ1v) is 12.4. The molecule has 0 fully saturated rings. The monoisotopic (exact) mass is 498 g/mol. The Balaban J connectivity index is 0.000000686. The molecule has 6 N–H and O–H groups in total. The van der Waals surface area contributed by atoms with Gasteiger partial charge in [0, 0.05) is 23.1 Å². The average Bonchev–Trinajstić information content (AvgIpc) is 2.70. The van der Waals surface area contributed by atoms with Crippen LogP contribution in [0.15, 0.2) is 46.9 Å². The zero-order chi connectivity index (χ0) is 26.5. The number of benzene rings is 1. The van der Waals surface area contributed by atoms with E-state index in [1.54, 1.807) is 14.0 Å². The SMILES string of the molecule is C=C(N)Nc1c(CCC)cc(OC(C)F)cc1CCC.CNS/C(C)=C(F)/C=C(\C)C(C)(C)N. The van der Waals surface area contributed by atoms with Gasteiger partial charge in [-0.15, -0.1) is 0 Å². The molecule has 1 atom stereocenters. The molecular weight excluding hydrogens is 454 g/mol.